The highest BCUT2D eigenvalue weighted by Gasteiger charge is 2.19. The van der Waals surface area contributed by atoms with Crippen LogP contribution >= 0.6 is 0 Å². The van der Waals surface area contributed by atoms with Crippen molar-refractivity contribution in [2.75, 3.05) is 5.73 Å². The van der Waals surface area contributed by atoms with Crippen LogP contribution in [0.5, 0.6) is 0 Å². The zero-order valence-electron chi connectivity index (χ0n) is 12.1. The van der Waals surface area contributed by atoms with Gasteiger partial charge in [0.25, 0.3) is 5.56 Å². The fourth-order valence-corrected chi connectivity index (χ4v) is 2.23. The number of rotatable bonds is 3. The molecule has 0 saturated heterocycles. The number of nitrogens with one attached hydrogen (secondary N) is 1. The van der Waals surface area contributed by atoms with Crippen LogP contribution in [-0.2, 0) is 26.9 Å². The van der Waals surface area contributed by atoms with Crippen LogP contribution in [0.1, 0.15) is 25.2 Å². The molecule has 0 aliphatic carbocycles. The summed E-state index contributed by atoms with van der Waals surface area (Å²) in [5.74, 6) is 0.546. The van der Waals surface area contributed by atoms with E-state index in [1.54, 1.807) is 0 Å². The summed E-state index contributed by atoms with van der Waals surface area (Å²) in [7, 11) is 2.96. The number of hydrogen-bond donors (Lipinski definition) is 2. The lowest BCUT2D eigenvalue weighted by atomic mass is 10.2. The minimum atomic E-state index is -0.450. The maximum atomic E-state index is 12.3. The van der Waals surface area contributed by atoms with Gasteiger partial charge in [0, 0.05) is 19.8 Å². The van der Waals surface area contributed by atoms with Gasteiger partial charge in [-0.25, -0.2) is 9.78 Å². The lowest BCUT2D eigenvalue weighted by Crippen LogP contribution is -2.39. The topological polar surface area (TPSA) is 98.7 Å². The van der Waals surface area contributed by atoms with Crippen molar-refractivity contribution < 1.29 is 0 Å². The van der Waals surface area contributed by atoms with Crippen molar-refractivity contribution in [3.8, 4) is 11.4 Å². The van der Waals surface area contributed by atoms with Crippen molar-refractivity contribution in [1.29, 1.82) is 0 Å². The maximum Gasteiger partial charge on any atom is 0.332 e. The van der Waals surface area contributed by atoms with E-state index in [1.807, 2.05) is 13.8 Å². The molecule has 2 rings (SSSR count). The van der Waals surface area contributed by atoms with Crippen molar-refractivity contribution in [1.82, 2.24) is 19.1 Å². The van der Waals surface area contributed by atoms with Crippen molar-refractivity contribution in [2.45, 2.75) is 26.7 Å². The van der Waals surface area contributed by atoms with Gasteiger partial charge in [0.2, 0.25) is 0 Å². The predicted octanol–water partition coefficient (Wildman–Crippen LogP) is 0.181. The Hall–Kier alpha value is -2.31. The molecule has 7 heteroatoms. The Morgan fingerprint density at radius 2 is 1.80 bits per heavy atom. The standard InChI is InChI=1S/C13H19N5O2/c1-5-7-8(6-2)16-11(15-7)9-10(14)17(3)13(20)18(4)12(9)19/h5-6,14H2,1-4H3,(H,15,16). The maximum absolute atomic E-state index is 12.3. The monoisotopic (exact) mass is 277 g/mol. The van der Waals surface area contributed by atoms with Crippen LogP contribution < -0.4 is 17.0 Å². The van der Waals surface area contributed by atoms with Crippen LogP contribution in [0.2, 0.25) is 0 Å². The fraction of sp³-hybridized carbons (Fsp3) is 0.462. The van der Waals surface area contributed by atoms with Crippen LogP contribution in [-0.4, -0.2) is 19.1 Å². The molecular formula is C13H19N5O2. The second kappa shape index (κ2) is 4.99. The molecule has 0 aromatic carbocycles. The molecule has 0 fully saturated rings. The largest absolute Gasteiger partial charge is 0.384 e. The second-order valence-corrected chi connectivity index (χ2v) is 4.68. The smallest absolute Gasteiger partial charge is 0.332 e. The number of imidazole rings is 1. The first-order valence-corrected chi connectivity index (χ1v) is 6.55. The summed E-state index contributed by atoms with van der Waals surface area (Å²) in [6, 6.07) is 0. The average Bonchev–Trinajstić information content (AvgIpc) is 2.86. The van der Waals surface area contributed by atoms with E-state index in [0.29, 0.717) is 5.82 Å². The van der Waals surface area contributed by atoms with Crippen LogP contribution in [0.3, 0.4) is 0 Å². The normalized spacial score (nSPS) is 11.0. The van der Waals surface area contributed by atoms with Gasteiger partial charge < -0.3 is 10.7 Å². The van der Waals surface area contributed by atoms with E-state index in [-0.39, 0.29) is 11.4 Å². The van der Waals surface area contributed by atoms with Crippen LogP contribution in [0.25, 0.3) is 11.4 Å². The number of nitrogens with zero attached hydrogens (tertiary/aromatic N) is 3. The Balaban J connectivity index is 2.80. The highest BCUT2D eigenvalue weighted by atomic mass is 16.2. The zero-order valence-corrected chi connectivity index (χ0v) is 12.1. The number of aromatic amines is 1. The molecular weight excluding hydrogens is 258 g/mol. The second-order valence-electron chi connectivity index (χ2n) is 4.68. The number of anilines is 1. The first kappa shape index (κ1) is 14.1. The predicted molar refractivity (Wildman–Crippen MR) is 77.7 cm³/mol. The van der Waals surface area contributed by atoms with Crippen LogP contribution in [0.4, 0.5) is 5.82 Å². The van der Waals surface area contributed by atoms with E-state index >= 15 is 0 Å². The van der Waals surface area contributed by atoms with Gasteiger partial charge in [-0.05, 0) is 12.8 Å². The van der Waals surface area contributed by atoms with Crippen LogP contribution in [0, 0.1) is 0 Å². The Morgan fingerprint density at radius 1 is 1.15 bits per heavy atom. The quantitative estimate of drug-likeness (QED) is 0.836. The summed E-state index contributed by atoms with van der Waals surface area (Å²) in [5.41, 5.74) is 7.17. The van der Waals surface area contributed by atoms with Gasteiger partial charge in [-0.3, -0.25) is 13.9 Å². The molecule has 3 N–H and O–H groups in total. The molecule has 0 unspecified atom stereocenters. The van der Waals surface area contributed by atoms with Gasteiger partial charge in [0.15, 0.2) is 0 Å². The van der Waals surface area contributed by atoms with Crippen molar-refractivity contribution in [3.05, 3.63) is 32.2 Å². The lowest BCUT2D eigenvalue weighted by molar-refractivity contribution is 0.695. The summed E-state index contributed by atoms with van der Waals surface area (Å²) < 4.78 is 2.28. The third-order valence-corrected chi connectivity index (χ3v) is 3.50. The number of aryl methyl sites for hydroxylation is 2. The third kappa shape index (κ3) is 1.95. The van der Waals surface area contributed by atoms with E-state index in [9.17, 15) is 9.59 Å². The molecule has 0 amide bonds. The molecule has 0 radical (unpaired) electrons. The highest BCUT2D eigenvalue weighted by Crippen LogP contribution is 2.20. The Bertz CT molecular complexity index is 745. The van der Waals surface area contributed by atoms with Gasteiger partial charge in [0.1, 0.15) is 17.2 Å². The summed E-state index contributed by atoms with van der Waals surface area (Å²) in [6.07, 6.45) is 1.56. The summed E-state index contributed by atoms with van der Waals surface area (Å²) in [4.78, 5) is 31.6. The molecule has 20 heavy (non-hydrogen) atoms. The molecule has 0 aliphatic heterocycles. The molecule has 0 atom stereocenters. The van der Waals surface area contributed by atoms with Crippen molar-refractivity contribution >= 4 is 5.82 Å². The lowest BCUT2D eigenvalue weighted by Gasteiger charge is -2.09. The summed E-state index contributed by atoms with van der Waals surface area (Å²) >= 11 is 0. The summed E-state index contributed by atoms with van der Waals surface area (Å²) in [6.45, 7) is 4.01. The fourth-order valence-electron chi connectivity index (χ4n) is 2.23. The Labute approximate surface area is 116 Å². The number of nitrogens with two attached hydrogens (primary N) is 1. The Kier molecular flexibility index (Phi) is 3.52. The highest BCUT2D eigenvalue weighted by molar-refractivity contribution is 5.67. The number of hydrogen-bond acceptors (Lipinski definition) is 4. The SMILES string of the molecule is CCc1nc(-c2c(N)n(C)c(=O)n(C)c2=O)[nH]c1CC. The molecule has 0 saturated carbocycles. The Morgan fingerprint density at radius 3 is 2.30 bits per heavy atom. The summed E-state index contributed by atoms with van der Waals surface area (Å²) in [5, 5.41) is 0. The zero-order chi connectivity index (χ0) is 15.0. The third-order valence-electron chi connectivity index (χ3n) is 3.50. The molecule has 0 aliphatic rings. The van der Waals surface area contributed by atoms with Gasteiger partial charge in [-0.1, -0.05) is 13.8 Å². The first-order valence-electron chi connectivity index (χ1n) is 6.55. The molecule has 2 aromatic heterocycles. The van der Waals surface area contributed by atoms with Crippen LogP contribution in [0.15, 0.2) is 9.59 Å². The van der Waals surface area contributed by atoms with Crippen molar-refractivity contribution in [3.63, 3.8) is 0 Å². The average molecular weight is 277 g/mol. The van der Waals surface area contributed by atoms with E-state index < -0.39 is 11.2 Å². The molecule has 0 spiro atoms. The number of aromatic nitrogens is 4. The van der Waals surface area contributed by atoms with Gasteiger partial charge in [-0.15, -0.1) is 0 Å². The van der Waals surface area contributed by atoms with Gasteiger partial charge in [-0.2, -0.15) is 0 Å². The molecule has 0 bridgehead atoms. The van der Waals surface area contributed by atoms with E-state index in [0.717, 1.165) is 28.8 Å². The molecule has 2 heterocycles. The number of H-pyrrole nitrogens is 1. The molecule has 7 nitrogen and oxygen atoms in total. The van der Waals surface area contributed by atoms with Gasteiger partial charge >= 0.3 is 5.69 Å². The van der Waals surface area contributed by atoms with Gasteiger partial charge in [0.05, 0.1) is 5.69 Å². The number of nitrogen functional groups attached to an aromatic ring is 1. The van der Waals surface area contributed by atoms with E-state index in [4.69, 9.17) is 5.73 Å². The van der Waals surface area contributed by atoms with E-state index in [1.165, 1.54) is 18.7 Å². The van der Waals surface area contributed by atoms with Crippen molar-refractivity contribution in [2.24, 2.45) is 14.1 Å². The minimum Gasteiger partial charge on any atom is -0.384 e. The molecule has 108 valence electrons. The minimum absolute atomic E-state index is 0.122. The first-order chi connectivity index (χ1) is 9.42. The van der Waals surface area contributed by atoms with E-state index in [2.05, 4.69) is 9.97 Å². The molecule has 2 aromatic rings.